The van der Waals surface area contributed by atoms with E-state index in [4.69, 9.17) is 0 Å². The molecule has 0 amide bonds. The smallest absolute Gasteiger partial charge is 0.0636 e. The van der Waals surface area contributed by atoms with E-state index in [-0.39, 0.29) is 0 Å². The summed E-state index contributed by atoms with van der Waals surface area (Å²) in [4.78, 5) is 7.04. The van der Waals surface area contributed by atoms with Crippen LogP contribution < -0.4 is 0 Å². The second kappa shape index (κ2) is 8.50. The van der Waals surface area contributed by atoms with Crippen LogP contribution in [-0.2, 0) is 0 Å². The number of likely N-dealkylation sites (tertiary alicyclic amines) is 1. The van der Waals surface area contributed by atoms with Gasteiger partial charge < -0.3 is 4.90 Å². The van der Waals surface area contributed by atoms with E-state index < -0.39 is 0 Å². The molecule has 27 heavy (non-hydrogen) atoms. The van der Waals surface area contributed by atoms with Crippen molar-refractivity contribution in [2.24, 2.45) is 0 Å². The van der Waals surface area contributed by atoms with Gasteiger partial charge in [0.25, 0.3) is 0 Å². The summed E-state index contributed by atoms with van der Waals surface area (Å²) >= 11 is 0. The quantitative estimate of drug-likeness (QED) is 0.521. The molecule has 0 aliphatic carbocycles. The summed E-state index contributed by atoms with van der Waals surface area (Å²) in [5.41, 5.74) is 5.74. The van der Waals surface area contributed by atoms with Crippen LogP contribution >= 0.6 is 0 Å². The summed E-state index contributed by atoms with van der Waals surface area (Å²) in [6.45, 7) is 2.35. The van der Waals surface area contributed by atoms with E-state index in [0.29, 0.717) is 0 Å². The molecule has 2 aromatic carbocycles. The molecule has 0 saturated carbocycles. The average Bonchev–Trinajstić information content (AvgIpc) is 3.26. The Morgan fingerprint density at radius 1 is 0.741 bits per heavy atom. The highest BCUT2D eigenvalue weighted by molar-refractivity contribution is 5.83. The minimum atomic E-state index is 0.972. The standard InChI is InChI=1S/C25H24N2/c1-3-11-21(12-4-1)24-19-23(15-7-8-16-27-17-9-10-18-27)26-20-25(24)22-13-5-2-6-14-22/h1-8,11-16,19-20H,9-10,17-18H2/b15-7-,16-8+. The number of aromatic nitrogens is 1. The largest absolute Gasteiger partial charge is 0.377 e. The zero-order valence-electron chi connectivity index (χ0n) is 15.5. The van der Waals surface area contributed by atoms with Gasteiger partial charge in [-0.05, 0) is 54.0 Å². The van der Waals surface area contributed by atoms with Gasteiger partial charge in [-0.25, -0.2) is 0 Å². The van der Waals surface area contributed by atoms with Crippen molar-refractivity contribution in [2.75, 3.05) is 13.1 Å². The summed E-state index contributed by atoms with van der Waals surface area (Å²) in [6.07, 6.45) is 13.0. The summed E-state index contributed by atoms with van der Waals surface area (Å²) in [7, 11) is 0. The zero-order valence-corrected chi connectivity index (χ0v) is 15.5. The number of rotatable bonds is 5. The summed E-state index contributed by atoms with van der Waals surface area (Å²) in [5.74, 6) is 0. The summed E-state index contributed by atoms with van der Waals surface area (Å²) in [6, 6.07) is 23.2. The predicted molar refractivity (Wildman–Crippen MR) is 114 cm³/mol. The Morgan fingerprint density at radius 3 is 2.04 bits per heavy atom. The Morgan fingerprint density at radius 2 is 1.37 bits per heavy atom. The van der Waals surface area contributed by atoms with Gasteiger partial charge in [0.2, 0.25) is 0 Å². The van der Waals surface area contributed by atoms with Crippen molar-refractivity contribution in [3.63, 3.8) is 0 Å². The third-order valence-electron chi connectivity index (χ3n) is 4.91. The second-order valence-electron chi connectivity index (χ2n) is 6.83. The van der Waals surface area contributed by atoms with Gasteiger partial charge in [-0.1, -0.05) is 66.7 Å². The van der Waals surface area contributed by atoms with Crippen molar-refractivity contribution in [3.8, 4) is 22.3 Å². The van der Waals surface area contributed by atoms with Crippen LogP contribution in [0.4, 0.5) is 0 Å². The van der Waals surface area contributed by atoms with Gasteiger partial charge >= 0.3 is 0 Å². The Bertz CT molecular complexity index is 921. The Labute approximate surface area is 161 Å². The lowest BCUT2D eigenvalue weighted by molar-refractivity contribution is 0.468. The van der Waals surface area contributed by atoms with Crippen LogP contribution in [0, 0.1) is 0 Å². The van der Waals surface area contributed by atoms with Crippen LogP contribution in [0.1, 0.15) is 18.5 Å². The van der Waals surface area contributed by atoms with Crippen LogP contribution in [0.2, 0.25) is 0 Å². The lowest BCUT2D eigenvalue weighted by atomic mass is 9.95. The lowest BCUT2D eigenvalue weighted by Gasteiger charge is -2.11. The minimum Gasteiger partial charge on any atom is -0.377 e. The van der Waals surface area contributed by atoms with Crippen LogP contribution in [0.5, 0.6) is 0 Å². The topological polar surface area (TPSA) is 16.1 Å². The fraction of sp³-hybridized carbons (Fsp3) is 0.160. The number of nitrogens with zero attached hydrogens (tertiary/aromatic N) is 2. The molecule has 1 aliphatic heterocycles. The number of pyridine rings is 1. The average molecular weight is 352 g/mol. The first-order valence-electron chi connectivity index (χ1n) is 9.60. The fourth-order valence-corrected chi connectivity index (χ4v) is 3.48. The van der Waals surface area contributed by atoms with E-state index in [1.165, 1.54) is 42.6 Å². The monoisotopic (exact) mass is 352 g/mol. The van der Waals surface area contributed by atoms with Crippen molar-refractivity contribution in [2.45, 2.75) is 12.8 Å². The van der Waals surface area contributed by atoms with Gasteiger partial charge in [0.05, 0.1) is 5.69 Å². The molecule has 134 valence electrons. The maximum atomic E-state index is 4.68. The highest BCUT2D eigenvalue weighted by Gasteiger charge is 2.09. The normalized spacial score (nSPS) is 14.4. The van der Waals surface area contributed by atoms with Crippen LogP contribution in [0.3, 0.4) is 0 Å². The molecule has 3 aromatic rings. The highest BCUT2D eigenvalue weighted by atomic mass is 15.1. The third-order valence-corrected chi connectivity index (χ3v) is 4.91. The number of allylic oxidation sites excluding steroid dienone is 2. The fourth-order valence-electron chi connectivity index (χ4n) is 3.48. The number of hydrogen-bond donors (Lipinski definition) is 0. The van der Waals surface area contributed by atoms with Crippen molar-refractivity contribution in [1.29, 1.82) is 0 Å². The SMILES string of the molecule is C(=C/c1cc(-c2ccccc2)c(-c2ccccc2)cn1)/C=C/N1CCCC1. The van der Waals surface area contributed by atoms with Crippen molar-refractivity contribution >= 4 is 6.08 Å². The molecule has 1 aromatic heterocycles. The molecule has 1 saturated heterocycles. The van der Waals surface area contributed by atoms with E-state index in [9.17, 15) is 0 Å². The van der Waals surface area contributed by atoms with Crippen LogP contribution in [0.25, 0.3) is 28.3 Å². The zero-order chi connectivity index (χ0) is 18.3. The van der Waals surface area contributed by atoms with Gasteiger partial charge in [-0.15, -0.1) is 0 Å². The summed E-state index contributed by atoms with van der Waals surface area (Å²) < 4.78 is 0. The van der Waals surface area contributed by atoms with Gasteiger partial charge in [0.15, 0.2) is 0 Å². The van der Waals surface area contributed by atoms with E-state index in [1.54, 1.807) is 0 Å². The molecular weight excluding hydrogens is 328 g/mol. The third kappa shape index (κ3) is 4.35. The van der Waals surface area contributed by atoms with E-state index in [2.05, 4.69) is 95.0 Å². The van der Waals surface area contributed by atoms with E-state index in [1.807, 2.05) is 12.3 Å². The molecule has 2 nitrogen and oxygen atoms in total. The van der Waals surface area contributed by atoms with Crippen LogP contribution in [-0.4, -0.2) is 23.0 Å². The molecule has 0 radical (unpaired) electrons. The molecule has 2 heteroatoms. The molecule has 0 spiro atoms. The molecule has 2 heterocycles. The van der Waals surface area contributed by atoms with E-state index >= 15 is 0 Å². The van der Waals surface area contributed by atoms with Gasteiger partial charge in [0, 0.05) is 24.8 Å². The first-order valence-corrected chi connectivity index (χ1v) is 9.60. The number of hydrogen-bond acceptors (Lipinski definition) is 2. The molecule has 0 unspecified atom stereocenters. The molecule has 4 rings (SSSR count). The molecule has 1 fully saturated rings. The Hall–Kier alpha value is -3.13. The lowest BCUT2D eigenvalue weighted by Crippen LogP contribution is -2.09. The Kier molecular flexibility index (Phi) is 5.44. The van der Waals surface area contributed by atoms with Crippen molar-refractivity contribution in [1.82, 2.24) is 9.88 Å². The predicted octanol–water partition coefficient (Wildman–Crippen LogP) is 6.04. The highest BCUT2D eigenvalue weighted by Crippen LogP contribution is 2.32. The molecular formula is C25H24N2. The van der Waals surface area contributed by atoms with Gasteiger partial charge in [-0.2, -0.15) is 0 Å². The van der Waals surface area contributed by atoms with E-state index in [0.717, 1.165) is 11.3 Å². The minimum absolute atomic E-state index is 0.972. The summed E-state index contributed by atoms with van der Waals surface area (Å²) in [5, 5.41) is 0. The van der Waals surface area contributed by atoms with Gasteiger partial charge in [-0.3, -0.25) is 4.98 Å². The molecule has 0 atom stereocenters. The maximum absolute atomic E-state index is 4.68. The first-order chi connectivity index (χ1) is 13.4. The van der Waals surface area contributed by atoms with Gasteiger partial charge in [0.1, 0.15) is 0 Å². The maximum Gasteiger partial charge on any atom is 0.0636 e. The molecule has 0 N–H and O–H groups in total. The molecule has 0 bridgehead atoms. The Balaban J connectivity index is 1.64. The molecule has 1 aliphatic rings. The van der Waals surface area contributed by atoms with Crippen LogP contribution in [0.15, 0.2) is 91.3 Å². The second-order valence-corrected chi connectivity index (χ2v) is 6.83. The van der Waals surface area contributed by atoms with Crippen molar-refractivity contribution < 1.29 is 0 Å². The first kappa shape index (κ1) is 17.3. The van der Waals surface area contributed by atoms with Crippen molar-refractivity contribution in [3.05, 3.63) is 97.0 Å². The number of benzene rings is 2.